The van der Waals surface area contributed by atoms with Crippen molar-refractivity contribution in [3.8, 4) is 5.75 Å². The molecule has 6 nitrogen and oxygen atoms in total. The average Bonchev–Trinajstić information content (AvgIpc) is 2.55. The number of hydrogen-bond donors (Lipinski definition) is 3. The third-order valence-corrected chi connectivity index (χ3v) is 3.14. The Hall–Kier alpha value is -2.99. The molecule has 0 bridgehead atoms. The van der Waals surface area contributed by atoms with E-state index in [4.69, 9.17) is 21.6 Å². The summed E-state index contributed by atoms with van der Waals surface area (Å²) in [6.07, 6.45) is 0.0490. The highest BCUT2D eigenvalue weighted by atomic mass is 16.5. The fraction of sp³-hybridized carbons (Fsp3) is 0.118. The van der Waals surface area contributed by atoms with Gasteiger partial charge in [-0.05, 0) is 18.2 Å². The summed E-state index contributed by atoms with van der Waals surface area (Å²) in [5.41, 5.74) is 11.8. The first-order valence-corrected chi connectivity index (χ1v) is 7.02. The Morgan fingerprint density at radius 1 is 1.04 bits per heavy atom. The highest BCUT2D eigenvalue weighted by molar-refractivity contribution is 6.12. The molecule has 2 rings (SSSR count). The van der Waals surface area contributed by atoms with Crippen LogP contribution in [0.2, 0.25) is 0 Å². The molecule has 6 heteroatoms. The third-order valence-electron chi connectivity index (χ3n) is 3.14. The Morgan fingerprint density at radius 3 is 2.35 bits per heavy atom. The summed E-state index contributed by atoms with van der Waals surface area (Å²) < 4.78 is 5.21. The first-order valence-electron chi connectivity index (χ1n) is 7.02. The maximum absolute atomic E-state index is 12.7. The molecular formula is C17H17N3O3. The van der Waals surface area contributed by atoms with Crippen LogP contribution in [-0.4, -0.2) is 24.1 Å². The zero-order chi connectivity index (χ0) is 16.8. The third kappa shape index (κ3) is 4.02. The average molecular weight is 311 g/mol. The van der Waals surface area contributed by atoms with E-state index >= 15 is 0 Å². The van der Waals surface area contributed by atoms with E-state index < -0.39 is 5.97 Å². The smallest absolute Gasteiger partial charge is 0.312 e. The van der Waals surface area contributed by atoms with E-state index in [1.165, 1.54) is 18.2 Å². The van der Waals surface area contributed by atoms with Crippen LogP contribution in [0.1, 0.15) is 27.9 Å². The van der Waals surface area contributed by atoms with Crippen LogP contribution in [-0.2, 0) is 4.79 Å². The lowest BCUT2D eigenvalue weighted by Crippen LogP contribution is -2.17. The number of benzene rings is 2. The van der Waals surface area contributed by atoms with Crippen LogP contribution in [0, 0.1) is 5.41 Å². The van der Waals surface area contributed by atoms with Crippen molar-refractivity contribution in [1.82, 2.24) is 0 Å². The molecule has 2 aromatic rings. The van der Waals surface area contributed by atoms with Crippen LogP contribution in [0.3, 0.4) is 0 Å². The van der Waals surface area contributed by atoms with Gasteiger partial charge in [0.1, 0.15) is 11.6 Å². The number of nitrogens with two attached hydrogens (primary N) is 2. The lowest BCUT2D eigenvalue weighted by atomic mass is 10.00. The van der Waals surface area contributed by atoms with Crippen molar-refractivity contribution in [2.24, 2.45) is 11.5 Å². The molecule has 0 unspecified atom stereocenters. The second kappa shape index (κ2) is 7.33. The monoisotopic (exact) mass is 311 g/mol. The van der Waals surface area contributed by atoms with Crippen LogP contribution in [0.25, 0.3) is 0 Å². The van der Waals surface area contributed by atoms with Gasteiger partial charge in [-0.2, -0.15) is 0 Å². The van der Waals surface area contributed by atoms with Gasteiger partial charge < -0.3 is 16.2 Å². The van der Waals surface area contributed by atoms with E-state index in [2.05, 4.69) is 0 Å². The summed E-state index contributed by atoms with van der Waals surface area (Å²) in [5, 5.41) is 7.50. The molecule has 0 atom stereocenters. The van der Waals surface area contributed by atoms with Crippen LogP contribution >= 0.6 is 0 Å². The van der Waals surface area contributed by atoms with E-state index in [-0.39, 0.29) is 35.9 Å². The summed E-state index contributed by atoms with van der Waals surface area (Å²) >= 11 is 0. The fourth-order valence-corrected chi connectivity index (χ4v) is 2.00. The number of nitrogen functional groups attached to an aromatic ring is 1. The topological polar surface area (TPSA) is 119 Å². The zero-order valence-electron chi connectivity index (χ0n) is 12.4. The number of amidine groups is 1. The number of ketones is 1. The lowest BCUT2D eigenvalue weighted by Gasteiger charge is -2.11. The fourth-order valence-electron chi connectivity index (χ4n) is 2.00. The minimum atomic E-state index is -0.523. The standard InChI is InChI=1S/C17H17N3O3/c18-9-8-15(21)23-14-7-6-12(17(19)20)10-13(14)16(22)11-4-2-1-3-5-11/h1-7,10H,8-9,18H2,(H3,19,20). The highest BCUT2D eigenvalue weighted by Gasteiger charge is 2.18. The van der Waals surface area contributed by atoms with Crippen LogP contribution in [0.4, 0.5) is 0 Å². The molecule has 0 aromatic heterocycles. The Labute approximate surface area is 133 Å². The van der Waals surface area contributed by atoms with E-state index in [1.807, 2.05) is 0 Å². The predicted molar refractivity (Wildman–Crippen MR) is 86.6 cm³/mol. The molecule has 0 radical (unpaired) electrons. The molecule has 5 N–H and O–H groups in total. The van der Waals surface area contributed by atoms with Crippen molar-refractivity contribution in [2.75, 3.05) is 6.54 Å². The Morgan fingerprint density at radius 2 is 1.74 bits per heavy atom. The molecule has 0 aliphatic carbocycles. The summed E-state index contributed by atoms with van der Waals surface area (Å²) in [6.45, 7) is 0.159. The Balaban J connectivity index is 2.44. The molecule has 0 amide bonds. The molecule has 0 fully saturated rings. The minimum Gasteiger partial charge on any atom is -0.426 e. The second-order valence-electron chi connectivity index (χ2n) is 4.83. The van der Waals surface area contributed by atoms with Gasteiger partial charge in [0, 0.05) is 17.7 Å². The maximum Gasteiger partial charge on any atom is 0.312 e. The quantitative estimate of drug-likeness (QED) is 0.245. The number of esters is 1. The first kappa shape index (κ1) is 16.4. The predicted octanol–water partition coefficient (Wildman–Crippen LogP) is 1.46. The van der Waals surface area contributed by atoms with Gasteiger partial charge in [0.05, 0.1) is 12.0 Å². The molecule has 23 heavy (non-hydrogen) atoms. The van der Waals surface area contributed by atoms with Crippen molar-refractivity contribution in [3.05, 3.63) is 65.2 Å². The molecular weight excluding hydrogens is 294 g/mol. The van der Waals surface area contributed by atoms with Crippen LogP contribution < -0.4 is 16.2 Å². The molecule has 0 aliphatic rings. The van der Waals surface area contributed by atoms with Gasteiger partial charge in [0.15, 0.2) is 5.78 Å². The maximum atomic E-state index is 12.7. The van der Waals surface area contributed by atoms with E-state index in [1.54, 1.807) is 30.3 Å². The summed E-state index contributed by atoms with van der Waals surface area (Å²) in [5.74, 6) is -0.885. The summed E-state index contributed by atoms with van der Waals surface area (Å²) in [4.78, 5) is 24.3. The summed E-state index contributed by atoms with van der Waals surface area (Å²) in [6, 6.07) is 13.0. The Kier molecular flexibility index (Phi) is 5.22. The molecule has 0 saturated heterocycles. The van der Waals surface area contributed by atoms with Gasteiger partial charge in [-0.3, -0.25) is 15.0 Å². The van der Waals surface area contributed by atoms with Crippen LogP contribution in [0.5, 0.6) is 5.75 Å². The number of ether oxygens (including phenoxy) is 1. The Bertz CT molecular complexity index is 742. The van der Waals surface area contributed by atoms with Crippen molar-refractivity contribution < 1.29 is 14.3 Å². The van der Waals surface area contributed by atoms with Gasteiger partial charge in [-0.25, -0.2) is 0 Å². The van der Waals surface area contributed by atoms with Crippen molar-refractivity contribution in [3.63, 3.8) is 0 Å². The SMILES string of the molecule is N=C(N)c1ccc(OC(=O)CCN)c(C(=O)c2ccccc2)c1. The van der Waals surface area contributed by atoms with Crippen LogP contribution in [0.15, 0.2) is 48.5 Å². The molecule has 2 aromatic carbocycles. The number of rotatable bonds is 6. The summed E-state index contributed by atoms with van der Waals surface area (Å²) in [7, 11) is 0. The van der Waals surface area contributed by atoms with Gasteiger partial charge in [-0.15, -0.1) is 0 Å². The van der Waals surface area contributed by atoms with E-state index in [9.17, 15) is 9.59 Å². The molecule has 0 saturated carbocycles. The minimum absolute atomic E-state index is 0.0490. The normalized spacial score (nSPS) is 10.1. The molecule has 118 valence electrons. The van der Waals surface area contributed by atoms with Crippen molar-refractivity contribution in [2.45, 2.75) is 6.42 Å². The molecule has 0 heterocycles. The van der Waals surface area contributed by atoms with Crippen molar-refractivity contribution in [1.29, 1.82) is 5.41 Å². The molecule has 0 aliphatic heterocycles. The number of carbonyl (C=O) groups excluding carboxylic acids is 2. The molecule has 0 spiro atoms. The second-order valence-corrected chi connectivity index (χ2v) is 4.83. The number of carbonyl (C=O) groups is 2. The van der Waals surface area contributed by atoms with Crippen molar-refractivity contribution >= 4 is 17.6 Å². The van der Waals surface area contributed by atoms with Gasteiger partial charge in [-0.1, -0.05) is 30.3 Å². The highest BCUT2D eigenvalue weighted by Crippen LogP contribution is 2.24. The van der Waals surface area contributed by atoms with E-state index in [0.717, 1.165) is 0 Å². The number of nitrogens with one attached hydrogen (secondary N) is 1. The largest absolute Gasteiger partial charge is 0.426 e. The number of hydrogen-bond acceptors (Lipinski definition) is 5. The van der Waals surface area contributed by atoms with Gasteiger partial charge >= 0.3 is 5.97 Å². The van der Waals surface area contributed by atoms with E-state index in [0.29, 0.717) is 11.1 Å². The lowest BCUT2D eigenvalue weighted by molar-refractivity contribution is -0.134. The zero-order valence-corrected chi connectivity index (χ0v) is 12.4. The first-order chi connectivity index (χ1) is 11.0. The van der Waals surface area contributed by atoms with Gasteiger partial charge in [0.2, 0.25) is 0 Å². The van der Waals surface area contributed by atoms with Gasteiger partial charge in [0.25, 0.3) is 0 Å².